The van der Waals surface area contributed by atoms with E-state index >= 15 is 0 Å². The zero-order chi connectivity index (χ0) is 20.7. The number of hydrogen-bond donors (Lipinski definition) is 1. The van der Waals surface area contributed by atoms with Gasteiger partial charge in [0.15, 0.2) is 5.75 Å². The van der Waals surface area contributed by atoms with E-state index < -0.39 is 16.7 Å². The molecule has 0 aliphatic rings. The van der Waals surface area contributed by atoms with Crippen molar-refractivity contribution in [3.05, 3.63) is 57.6 Å². The fraction of sp³-hybridized carbons (Fsp3) is 0.278. The fourth-order valence-electron chi connectivity index (χ4n) is 2.32. The lowest BCUT2D eigenvalue weighted by Crippen LogP contribution is -2.05. The van der Waals surface area contributed by atoms with E-state index in [9.17, 15) is 23.3 Å². The van der Waals surface area contributed by atoms with Gasteiger partial charge in [0.05, 0.1) is 35.6 Å². The standard InChI is InChI=1S/C18H18F3N3O4/c1-3-27-16-9-12(8-15(24(25)26)17(16)28-4-2)11-22-23-14-7-5-6-13(10-14)18(19,20)21/h5-11,23H,3-4H2,1-2H3. The molecule has 0 radical (unpaired) electrons. The van der Waals surface area contributed by atoms with E-state index in [2.05, 4.69) is 10.5 Å². The maximum atomic E-state index is 12.7. The molecule has 150 valence electrons. The quantitative estimate of drug-likeness (QED) is 0.391. The molecule has 2 aromatic carbocycles. The third-order valence-electron chi connectivity index (χ3n) is 3.44. The zero-order valence-electron chi connectivity index (χ0n) is 15.1. The minimum absolute atomic E-state index is 0.0114. The van der Waals surface area contributed by atoms with Crippen molar-refractivity contribution in [2.24, 2.45) is 5.10 Å². The topological polar surface area (TPSA) is 86.0 Å². The molecule has 0 bridgehead atoms. The summed E-state index contributed by atoms with van der Waals surface area (Å²) < 4.78 is 48.9. The molecule has 0 spiro atoms. The molecule has 2 rings (SSSR count). The summed E-state index contributed by atoms with van der Waals surface area (Å²) in [5, 5.41) is 15.2. The van der Waals surface area contributed by atoms with Crippen LogP contribution in [0.15, 0.2) is 41.5 Å². The Labute approximate surface area is 158 Å². The van der Waals surface area contributed by atoms with Crippen LogP contribution in [0, 0.1) is 10.1 Å². The van der Waals surface area contributed by atoms with Crippen LogP contribution in [0.5, 0.6) is 11.5 Å². The second kappa shape index (κ2) is 9.07. The number of rotatable bonds is 8. The first-order valence-corrected chi connectivity index (χ1v) is 8.30. The smallest absolute Gasteiger partial charge is 0.416 e. The number of alkyl halides is 3. The van der Waals surface area contributed by atoms with Crippen molar-refractivity contribution >= 4 is 17.6 Å². The Bertz CT molecular complexity index is 870. The summed E-state index contributed by atoms with van der Waals surface area (Å²) in [5.74, 6) is 0.191. The van der Waals surface area contributed by atoms with Gasteiger partial charge < -0.3 is 9.47 Å². The van der Waals surface area contributed by atoms with E-state index in [0.29, 0.717) is 5.56 Å². The largest absolute Gasteiger partial charge is 0.490 e. The maximum absolute atomic E-state index is 12.7. The van der Waals surface area contributed by atoms with Gasteiger partial charge >= 0.3 is 11.9 Å². The van der Waals surface area contributed by atoms with Crippen molar-refractivity contribution in [2.45, 2.75) is 20.0 Å². The Hall–Kier alpha value is -3.30. The number of ether oxygens (including phenoxy) is 2. The van der Waals surface area contributed by atoms with Gasteiger partial charge in [-0.1, -0.05) is 6.07 Å². The number of benzene rings is 2. The fourth-order valence-corrected chi connectivity index (χ4v) is 2.32. The van der Waals surface area contributed by atoms with Crippen molar-refractivity contribution in [1.82, 2.24) is 0 Å². The SMILES string of the molecule is CCOc1cc(C=NNc2cccc(C(F)(F)F)c2)cc([N+](=O)[O-])c1OCC. The highest BCUT2D eigenvalue weighted by atomic mass is 19.4. The number of halogens is 3. The average Bonchev–Trinajstić information content (AvgIpc) is 2.63. The van der Waals surface area contributed by atoms with Crippen molar-refractivity contribution in [3.63, 3.8) is 0 Å². The Morgan fingerprint density at radius 2 is 1.89 bits per heavy atom. The second-order valence-electron chi connectivity index (χ2n) is 5.44. The van der Waals surface area contributed by atoms with E-state index in [1.54, 1.807) is 13.8 Å². The van der Waals surface area contributed by atoms with Crippen LogP contribution in [0.3, 0.4) is 0 Å². The molecule has 0 atom stereocenters. The van der Waals surface area contributed by atoms with Gasteiger partial charge in [0.1, 0.15) is 0 Å². The number of anilines is 1. The lowest BCUT2D eigenvalue weighted by molar-refractivity contribution is -0.385. The first-order chi connectivity index (χ1) is 13.3. The Kier molecular flexibility index (Phi) is 6.80. The highest BCUT2D eigenvalue weighted by Gasteiger charge is 2.30. The van der Waals surface area contributed by atoms with Crippen LogP contribution < -0.4 is 14.9 Å². The molecule has 28 heavy (non-hydrogen) atoms. The van der Waals surface area contributed by atoms with Crippen molar-refractivity contribution in [2.75, 3.05) is 18.6 Å². The van der Waals surface area contributed by atoms with Crippen molar-refractivity contribution in [1.29, 1.82) is 0 Å². The summed E-state index contributed by atoms with van der Waals surface area (Å²) in [6.45, 7) is 3.89. The third kappa shape index (κ3) is 5.35. The van der Waals surface area contributed by atoms with Gasteiger partial charge in [-0.25, -0.2) is 0 Å². The molecule has 0 aromatic heterocycles. The maximum Gasteiger partial charge on any atom is 0.416 e. The molecule has 0 heterocycles. The van der Waals surface area contributed by atoms with Crippen molar-refractivity contribution < 1.29 is 27.6 Å². The molecule has 0 saturated carbocycles. The van der Waals surface area contributed by atoms with Crippen LogP contribution in [0.25, 0.3) is 0 Å². The lowest BCUT2D eigenvalue weighted by atomic mass is 10.2. The van der Waals surface area contributed by atoms with E-state index in [0.717, 1.165) is 12.1 Å². The van der Waals surface area contributed by atoms with Gasteiger partial charge in [-0.15, -0.1) is 0 Å². The van der Waals surface area contributed by atoms with Gasteiger partial charge in [0.25, 0.3) is 0 Å². The minimum Gasteiger partial charge on any atom is -0.490 e. The Morgan fingerprint density at radius 3 is 2.50 bits per heavy atom. The van der Waals surface area contributed by atoms with Crippen LogP contribution in [0.4, 0.5) is 24.5 Å². The van der Waals surface area contributed by atoms with Crippen LogP contribution in [-0.2, 0) is 6.18 Å². The molecular weight excluding hydrogens is 379 g/mol. The molecule has 0 aliphatic heterocycles. The average molecular weight is 397 g/mol. The third-order valence-corrected chi connectivity index (χ3v) is 3.44. The predicted molar refractivity (Wildman–Crippen MR) is 98.1 cm³/mol. The Morgan fingerprint density at radius 1 is 1.18 bits per heavy atom. The number of hydrogen-bond acceptors (Lipinski definition) is 6. The van der Waals surface area contributed by atoms with E-state index in [1.165, 1.54) is 30.5 Å². The van der Waals surface area contributed by atoms with E-state index in [-0.39, 0.29) is 36.1 Å². The number of hydrazone groups is 1. The molecular formula is C18H18F3N3O4. The normalized spacial score (nSPS) is 11.5. The molecule has 0 aliphatic carbocycles. The zero-order valence-corrected chi connectivity index (χ0v) is 15.1. The van der Waals surface area contributed by atoms with Crippen LogP contribution in [-0.4, -0.2) is 24.4 Å². The second-order valence-corrected chi connectivity index (χ2v) is 5.44. The van der Waals surface area contributed by atoms with Gasteiger partial charge in [-0.2, -0.15) is 18.3 Å². The molecule has 2 aromatic rings. The number of nitro benzene ring substituents is 1. The van der Waals surface area contributed by atoms with Crippen LogP contribution >= 0.6 is 0 Å². The molecule has 0 saturated heterocycles. The minimum atomic E-state index is -4.47. The van der Waals surface area contributed by atoms with E-state index in [4.69, 9.17) is 9.47 Å². The molecule has 0 amide bonds. The molecule has 1 N–H and O–H groups in total. The molecule has 0 fully saturated rings. The Balaban J connectivity index is 2.29. The number of nitrogens with zero attached hydrogens (tertiary/aromatic N) is 2. The van der Waals surface area contributed by atoms with Gasteiger partial charge in [-0.05, 0) is 38.1 Å². The first-order valence-electron chi connectivity index (χ1n) is 8.30. The van der Waals surface area contributed by atoms with Gasteiger partial charge in [0, 0.05) is 11.6 Å². The summed E-state index contributed by atoms with van der Waals surface area (Å²) in [6.07, 6.45) is -3.23. The van der Waals surface area contributed by atoms with Gasteiger partial charge in [-0.3, -0.25) is 15.5 Å². The highest BCUT2D eigenvalue weighted by molar-refractivity contribution is 5.83. The number of nitro groups is 1. The summed E-state index contributed by atoms with van der Waals surface area (Å²) in [5.41, 5.74) is 1.80. The highest BCUT2D eigenvalue weighted by Crippen LogP contribution is 2.38. The monoisotopic (exact) mass is 397 g/mol. The summed E-state index contributed by atoms with van der Waals surface area (Å²) in [7, 11) is 0. The van der Waals surface area contributed by atoms with Crippen molar-refractivity contribution in [3.8, 4) is 11.5 Å². The molecule has 7 nitrogen and oxygen atoms in total. The molecule has 0 unspecified atom stereocenters. The lowest BCUT2D eigenvalue weighted by Gasteiger charge is -2.12. The van der Waals surface area contributed by atoms with Gasteiger partial charge in [0.2, 0.25) is 5.75 Å². The molecule has 10 heteroatoms. The van der Waals surface area contributed by atoms with Crippen LogP contribution in [0.1, 0.15) is 25.0 Å². The number of nitrogens with one attached hydrogen (secondary N) is 1. The summed E-state index contributed by atoms with van der Waals surface area (Å²) in [6, 6.07) is 7.25. The summed E-state index contributed by atoms with van der Waals surface area (Å²) in [4.78, 5) is 10.7. The summed E-state index contributed by atoms with van der Waals surface area (Å²) >= 11 is 0. The first kappa shape index (κ1) is 21.0. The van der Waals surface area contributed by atoms with E-state index in [1.807, 2.05) is 0 Å². The predicted octanol–water partition coefficient (Wildman–Crippen LogP) is 4.86. The van der Waals surface area contributed by atoms with Crippen LogP contribution in [0.2, 0.25) is 0 Å².